The normalized spacial score (nSPS) is 18.4. The van der Waals surface area contributed by atoms with Crippen LogP contribution in [-0.2, 0) is 4.74 Å². The van der Waals surface area contributed by atoms with Crippen molar-refractivity contribution in [2.45, 2.75) is 12.8 Å². The summed E-state index contributed by atoms with van der Waals surface area (Å²) in [6.45, 7) is 1.25. The Morgan fingerprint density at radius 2 is 1.76 bits per heavy atom. The van der Waals surface area contributed by atoms with E-state index < -0.39 is 0 Å². The van der Waals surface area contributed by atoms with Crippen molar-refractivity contribution in [3.8, 4) is 0 Å². The molecule has 0 radical (unpaired) electrons. The van der Waals surface area contributed by atoms with Gasteiger partial charge < -0.3 is 4.74 Å². The van der Waals surface area contributed by atoms with Gasteiger partial charge in [-0.1, -0.05) is 23.2 Å². The molecule has 0 unspecified atom stereocenters. The molecule has 2 rings (SSSR count). The van der Waals surface area contributed by atoms with E-state index in [1.807, 2.05) is 0 Å². The van der Waals surface area contributed by atoms with Gasteiger partial charge in [-0.2, -0.15) is 0 Å². The second-order valence-corrected chi connectivity index (χ2v) is 4.99. The van der Waals surface area contributed by atoms with E-state index >= 15 is 0 Å². The smallest absolute Gasteiger partial charge is 0.104 e. The molecule has 0 amide bonds. The van der Waals surface area contributed by atoms with Crippen molar-refractivity contribution < 1.29 is 9.13 Å². The Labute approximate surface area is 110 Å². The van der Waals surface area contributed by atoms with Crippen LogP contribution in [0.4, 0.5) is 4.39 Å². The van der Waals surface area contributed by atoms with Gasteiger partial charge in [-0.15, -0.1) is 0 Å². The Kier molecular flexibility index (Phi) is 4.43. The lowest BCUT2D eigenvalue weighted by molar-refractivity contribution is 0.0705. The predicted molar refractivity (Wildman–Crippen MR) is 69.1 cm³/mol. The van der Waals surface area contributed by atoms with Crippen LogP contribution < -0.4 is 0 Å². The Hall–Kier alpha value is -0.570. The zero-order valence-electron chi connectivity index (χ0n) is 9.26. The molecule has 0 atom stereocenters. The minimum Gasteiger partial charge on any atom is -0.381 e. The number of halogens is 3. The number of ether oxygens (including phenoxy) is 1. The van der Waals surface area contributed by atoms with E-state index in [0.717, 1.165) is 12.8 Å². The van der Waals surface area contributed by atoms with E-state index in [2.05, 4.69) is 0 Å². The van der Waals surface area contributed by atoms with Gasteiger partial charge in [0.1, 0.15) is 5.83 Å². The maximum atomic E-state index is 14.0. The molecule has 1 saturated heterocycles. The molecule has 0 N–H and O–H groups in total. The van der Waals surface area contributed by atoms with Gasteiger partial charge in [0.2, 0.25) is 0 Å². The van der Waals surface area contributed by atoms with Crippen molar-refractivity contribution >= 4 is 29.3 Å². The topological polar surface area (TPSA) is 9.23 Å². The first-order valence-corrected chi connectivity index (χ1v) is 6.31. The van der Waals surface area contributed by atoms with Crippen molar-refractivity contribution in [3.63, 3.8) is 0 Å². The minimum atomic E-state index is -0.119. The minimum absolute atomic E-state index is 0.0403. The van der Waals surface area contributed by atoms with Gasteiger partial charge in [0.25, 0.3) is 0 Å². The van der Waals surface area contributed by atoms with Gasteiger partial charge in [0, 0.05) is 29.2 Å². The number of hydrogen-bond donors (Lipinski definition) is 0. The summed E-state index contributed by atoms with van der Waals surface area (Å²) in [6.07, 6.45) is 2.97. The van der Waals surface area contributed by atoms with Gasteiger partial charge >= 0.3 is 0 Å². The van der Waals surface area contributed by atoms with E-state index in [-0.39, 0.29) is 11.7 Å². The van der Waals surface area contributed by atoms with Gasteiger partial charge in [0.15, 0.2) is 0 Å². The fourth-order valence-electron chi connectivity index (χ4n) is 1.91. The maximum absolute atomic E-state index is 14.0. The van der Waals surface area contributed by atoms with Gasteiger partial charge in [0.05, 0.1) is 0 Å². The van der Waals surface area contributed by atoms with Crippen molar-refractivity contribution in [2.75, 3.05) is 13.2 Å². The summed E-state index contributed by atoms with van der Waals surface area (Å²) in [5.74, 6) is -0.159. The third-order valence-electron chi connectivity index (χ3n) is 2.80. The third-order valence-corrected chi connectivity index (χ3v) is 3.24. The lowest BCUT2D eigenvalue weighted by Crippen LogP contribution is -2.15. The third kappa shape index (κ3) is 3.70. The van der Waals surface area contributed by atoms with Gasteiger partial charge in [-0.3, -0.25) is 0 Å². The number of allylic oxidation sites excluding steroid dienone is 1. The Morgan fingerprint density at radius 1 is 1.18 bits per heavy atom. The molecule has 0 aliphatic carbocycles. The zero-order valence-corrected chi connectivity index (χ0v) is 10.8. The monoisotopic (exact) mass is 274 g/mol. The summed E-state index contributed by atoms with van der Waals surface area (Å²) in [5.41, 5.74) is 0.700. The average molecular weight is 275 g/mol. The highest BCUT2D eigenvalue weighted by atomic mass is 35.5. The van der Waals surface area contributed by atoms with Crippen LogP contribution in [-0.4, -0.2) is 13.2 Å². The van der Waals surface area contributed by atoms with Crippen molar-refractivity contribution in [3.05, 3.63) is 39.6 Å². The molecule has 0 saturated carbocycles. The maximum Gasteiger partial charge on any atom is 0.104 e. The van der Waals surface area contributed by atoms with Crippen LogP contribution in [0.25, 0.3) is 6.08 Å². The standard InChI is InChI=1S/C13H13Cl2FO/c14-11-5-9(6-12(15)8-11)7-13(16)10-1-3-17-4-2-10/h5-8,10H,1-4H2/b13-7-. The molecule has 1 nitrogen and oxygen atoms in total. The van der Waals surface area contributed by atoms with Crippen LogP contribution in [0.2, 0.25) is 10.0 Å². The average Bonchev–Trinajstić information content (AvgIpc) is 2.28. The van der Waals surface area contributed by atoms with E-state index in [4.69, 9.17) is 27.9 Å². The highest BCUT2D eigenvalue weighted by molar-refractivity contribution is 6.34. The van der Waals surface area contributed by atoms with E-state index in [1.165, 1.54) is 6.08 Å². The molecule has 1 fully saturated rings. The molecule has 1 heterocycles. The highest BCUT2D eigenvalue weighted by Crippen LogP contribution is 2.27. The first-order chi connectivity index (χ1) is 8.15. The largest absolute Gasteiger partial charge is 0.381 e. The molecule has 0 aromatic heterocycles. The van der Waals surface area contributed by atoms with Crippen molar-refractivity contribution in [1.82, 2.24) is 0 Å². The molecule has 0 spiro atoms. The van der Waals surface area contributed by atoms with E-state index in [9.17, 15) is 4.39 Å². The number of rotatable bonds is 2. The van der Waals surface area contributed by atoms with Gasteiger partial charge in [-0.25, -0.2) is 4.39 Å². The van der Waals surface area contributed by atoms with Crippen LogP contribution in [0.3, 0.4) is 0 Å². The Balaban J connectivity index is 2.16. The highest BCUT2D eigenvalue weighted by Gasteiger charge is 2.18. The first kappa shape index (κ1) is 12.9. The van der Waals surface area contributed by atoms with Crippen molar-refractivity contribution in [1.29, 1.82) is 0 Å². The second kappa shape index (κ2) is 5.85. The van der Waals surface area contributed by atoms with E-state index in [1.54, 1.807) is 18.2 Å². The molecule has 1 aromatic carbocycles. The molecule has 1 aliphatic heterocycles. The van der Waals surface area contributed by atoms with Crippen LogP contribution in [0.15, 0.2) is 24.0 Å². The summed E-state index contributed by atoms with van der Waals surface area (Å²) in [5, 5.41) is 1.03. The second-order valence-electron chi connectivity index (χ2n) is 4.12. The lowest BCUT2D eigenvalue weighted by Gasteiger charge is -2.20. The molecule has 4 heteroatoms. The number of benzene rings is 1. The summed E-state index contributed by atoms with van der Waals surface area (Å²) < 4.78 is 19.2. The lowest BCUT2D eigenvalue weighted by atomic mass is 9.97. The van der Waals surface area contributed by atoms with E-state index in [0.29, 0.717) is 28.8 Å². The molecule has 1 aromatic rings. The quantitative estimate of drug-likeness (QED) is 0.758. The SMILES string of the molecule is F/C(=C\c1cc(Cl)cc(Cl)c1)C1CCOCC1. The number of hydrogen-bond acceptors (Lipinski definition) is 1. The molecular weight excluding hydrogens is 262 g/mol. The Bertz CT molecular complexity index is 405. The van der Waals surface area contributed by atoms with Crippen LogP contribution in [0.1, 0.15) is 18.4 Å². The fourth-order valence-corrected chi connectivity index (χ4v) is 2.45. The zero-order chi connectivity index (χ0) is 12.3. The van der Waals surface area contributed by atoms with Crippen LogP contribution in [0.5, 0.6) is 0 Å². The molecule has 0 bridgehead atoms. The molecule has 1 aliphatic rings. The van der Waals surface area contributed by atoms with Crippen LogP contribution in [0, 0.1) is 5.92 Å². The van der Waals surface area contributed by atoms with Crippen molar-refractivity contribution in [2.24, 2.45) is 5.92 Å². The predicted octanol–water partition coefficient (Wildman–Crippen LogP) is 4.73. The summed E-state index contributed by atoms with van der Waals surface area (Å²) in [4.78, 5) is 0. The van der Waals surface area contributed by atoms with Crippen LogP contribution >= 0.6 is 23.2 Å². The molecule has 92 valence electrons. The summed E-state index contributed by atoms with van der Waals surface area (Å²) in [6, 6.07) is 5.03. The fraction of sp³-hybridized carbons (Fsp3) is 0.385. The molecule has 17 heavy (non-hydrogen) atoms. The molecular formula is C13H13Cl2FO. The summed E-state index contributed by atoms with van der Waals surface area (Å²) >= 11 is 11.7. The summed E-state index contributed by atoms with van der Waals surface area (Å²) in [7, 11) is 0. The Morgan fingerprint density at radius 3 is 2.35 bits per heavy atom. The first-order valence-electron chi connectivity index (χ1n) is 5.56. The van der Waals surface area contributed by atoms with Gasteiger partial charge in [-0.05, 0) is 42.7 Å².